The molecular formula is C58H39N3. The highest BCUT2D eigenvalue weighted by Crippen LogP contribution is 2.47. The van der Waals surface area contributed by atoms with E-state index in [0.29, 0.717) is 0 Å². The van der Waals surface area contributed by atoms with Crippen molar-refractivity contribution in [3.8, 4) is 33.6 Å². The molecule has 3 heteroatoms. The summed E-state index contributed by atoms with van der Waals surface area (Å²) >= 11 is 0. The molecule has 0 spiro atoms. The molecule has 0 amide bonds. The lowest BCUT2D eigenvalue weighted by Gasteiger charge is -2.29. The van der Waals surface area contributed by atoms with Crippen LogP contribution in [-0.2, 0) is 0 Å². The molecule has 0 radical (unpaired) electrons. The van der Waals surface area contributed by atoms with E-state index in [9.17, 15) is 0 Å². The molecule has 0 N–H and O–H groups in total. The minimum absolute atomic E-state index is 1.09. The van der Waals surface area contributed by atoms with Gasteiger partial charge in [-0.1, -0.05) is 170 Å². The van der Waals surface area contributed by atoms with Gasteiger partial charge >= 0.3 is 0 Å². The number of aromatic nitrogens is 2. The van der Waals surface area contributed by atoms with Crippen molar-refractivity contribution in [1.82, 2.24) is 9.13 Å². The number of hydrogen-bond donors (Lipinski definition) is 0. The third kappa shape index (κ3) is 5.66. The quantitative estimate of drug-likeness (QED) is 0.157. The highest BCUT2D eigenvalue weighted by molar-refractivity contribution is 6.19. The Bertz CT molecular complexity index is 3560. The first-order valence-corrected chi connectivity index (χ1v) is 20.9. The van der Waals surface area contributed by atoms with Crippen molar-refractivity contribution in [2.45, 2.75) is 0 Å². The largest absolute Gasteiger partial charge is 0.309 e. The summed E-state index contributed by atoms with van der Waals surface area (Å²) in [6.45, 7) is 0. The Balaban J connectivity index is 1.01. The molecule has 12 aromatic rings. The summed E-state index contributed by atoms with van der Waals surface area (Å²) in [6, 6.07) is 85.8. The first kappa shape index (κ1) is 34.9. The van der Waals surface area contributed by atoms with Gasteiger partial charge in [0.15, 0.2) is 0 Å². The third-order valence-corrected chi connectivity index (χ3v) is 12.3. The molecule has 0 bridgehead atoms. The molecule has 0 saturated heterocycles. The second-order valence-corrected chi connectivity index (χ2v) is 15.7. The average molecular weight is 778 g/mol. The van der Waals surface area contributed by atoms with Crippen LogP contribution in [-0.4, -0.2) is 9.13 Å². The Morgan fingerprint density at radius 1 is 0.295 bits per heavy atom. The molecule has 3 nitrogen and oxygen atoms in total. The van der Waals surface area contributed by atoms with E-state index in [4.69, 9.17) is 0 Å². The molecule has 2 aromatic heterocycles. The monoisotopic (exact) mass is 777 g/mol. The Morgan fingerprint density at radius 3 is 1.62 bits per heavy atom. The number of para-hydroxylation sites is 4. The van der Waals surface area contributed by atoms with Gasteiger partial charge in [-0.3, -0.25) is 0 Å². The fraction of sp³-hybridized carbons (Fsp3) is 0. The van der Waals surface area contributed by atoms with Gasteiger partial charge in [-0.05, 0) is 88.8 Å². The third-order valence-electron chi connectivity index (χ3n) is 12.3. The number of rotatable bonds is 7. The Morgan fingerprint density at radius 2 is 0.852 bits per heavy atom. The normalized spacial score (nSPS) is 11.6. The van der Waals surface area contributed by atoms with Crippen LogP contribution < -0.4 is 4.90 Å². The highest BCUT2D eigenvalue weighted by Gasteiger charge is 2.23. The predicted molar refractivity (Wildman–Crippen MR) is 258 cm³/mol. The van der Waals surface area contributed by atoms with Crippen molar-refractivity contribution in [2.75, 3.05) is 4.90 Å². The van der Waals surface area contributed by atoms with Gasteiger partial charge in [0.1, 0.15) is 0 Å². The highest BCUT2D eigenvalue weighted by atomic mass is 15.2. The van der Waals surface area contributed by atoms with Crippen LogP contribution in [0.2, 0.25) is 0 Å². The maximum absolute atomic E-state index is 2.45. The zero-order chi connectivity index (χ0) is 40.3. The van der Waals surface area contributed by atoms with Gasteiger partial charge in [0.2, 0.25) is 0 Å². The van der Waals surface area contributed by atoms with Gasteiger partial charge < -0.3 is 14.0 Å². The molecule has 10 aromatic carbocycles. The average Bonchev–Trinajstić information content (AvgIpc) is 3.87. The first-order chi connectivity index (χ1) is 30.3. The smallest absolute Gasteiger partial charge is 0.0619 e. The van der Waals surface area contributed by atoms with E-state index in [-0.39, 0.29) is 0 Å². The number of nitrogens with zero attached hydrogens (tertiary/aromatic N) is 3. The number of anilines is 3. The lowest BCUT2D eigenvalue weighted by Crippen LogP contribution is -2.11. The molecule has 0 aliphatic heterocycles. The van der Waals surface area contributed by atoms with Crippen LogP contribution in [0.4, 0.5) is 17.1 Å². The summed E-state index contributed by atoms with van der Waals surface area (Å²) in [6.07, 6.45) is 0. The summed E-state index contributed by atoms with van der Waals surface area (Å²) < 4.78 is 4.82. The Kier molecular flexibility index (Phi) is 8.17. The van der Waals surface area contributed by atoms with Crippen LogP contribution in [0.25, 0.3) is 88.0 Å². The van der Waals surface area contributed by atoms with Crippen molar-refractivity contribution >= 4 is 71.4 Å². The summed E-state index contributed by atoms with van der Waals surface area (Å²) in [4.78, 5) is 2.45. The van der Waals surface area contributed by atoms with Crippen molar-refractivity contribution in [2.24, 2.45) is 0 Å². The molecule has 2 heterocycles. The lowest BCUT2D eigenvalue weighted by atomic mass is 10.00. The SMILES string of the molecule is c1ccc(-c2ccccc2N(c2ccc(-c3ccc(-n4c5ccccc5c5ccc6ccccc6c54)cc3)cc2)c2cccc3c2c2ccccc2n3-c2ccccc2)cc1. The predicted octanol–water partition coefficient (Wildman–Crippen LogP) is 15.8. The molecule has 0 fully saturated rings. The van der Waals surface area contributed by atoms with Crippen LogP contribution in [0, 0.1) is 0 Å². The molecule has 0 aliphatic rings. The topological polar surface area (TPSA) is 13.1 Å². The van der Waals surface area contributed by atoms with Gasteiger partial charge in [-0.2, -0.15) is 0 Å². The van der Waals surface area contributed by atoms with Crippen LogP contribution >= 0.6 is 0 Å². The fourth-order valence-electron chi connectivity index (χ4n) is 9.58. The van der Waals surface area contributed by atoms with Crippen molar-refractivity contribution in [1.29, 1.82) is 0 Å². The molecule has 0 aliphatic carbocycles. The number of benzene rings is 10. The maximum Gasteiger partial charge on any atom is 0.0619 e. The van der Waals surface area contributed by atoms with E-state index >= 15 is 0 Å². The Hall–Kier alpha value is -8.14. The lowest BCUT2D eigenvalue weighted by molar-refractivity contribution is 1.18. The second kappa shape index (κ2) is 14.3. The van der Waals surface area contributed by atoms with E-state index in [1.807, 2.05) is 0 Å². The molecule has 0 atom stereocenters. The van der Waals surface area contributed by atoms with E-state index in [0.717, 1.165) is 34.0 Å². The van der Waals surface area contributed by atoms with Crippen LogP contribution in [0.5, 0.6) is 0 Å². The van der Waals surface area contributed by atoms with Crippen LogP contribution in [0.3, 0.4) is 0 Å². The second-order valence-electron chi connectivity index (χ2n) is 15.7. The zero-order valence-corrected chi connectivity index (χ0v) is 33.4. The molecular weight excluding hydrogens is 739 g/mol. The molecule has 12 rings (SSSR count). The summed E-state index contributed by atoms with van der Waals surface area (Å²) in [5, 5.41) is 7.47. The van der Waals surface area contributed by atoms with E-state index in [2.05, 4.69) is 251 Å². The standard InChI is InChI=1S/C58H39N3/c1-3-16-42(17-4-1)47-21-9-12-25-52(47)60(56-29-15-28-55-57(56)51-24-11-14-27-54(51)59(55)44-19-5-2-6-20-44)45-35-30-40(31-36-45)41-32-37-46(38-33-41)61-53-26-13-10-23-49(53)50-39-34-43-18-7-8-22-48(43)58(50)61/h1-39H. The molecule has 61 heavy (non-hydrogen) atoms. The fourth-order valence-corrected chi connectivity index (χ4v) is 9.58. The Labute approximate surface area is 354 Å². The van der Waals surface area contributed by atoms with Gasteiger partial charge in [0, 0.05) is 49.6 Å². The zero-order valence-electron chi connectivity index (χ0n) is 33.4. The van der Waals surface area contributed by atoms with E-state index in [1.54, 1.807) is 0 Å². The van der Waals surface area contributed by atoms with E-state index < -0.39 is 0 Å². The van der Waals surface area contributed by atoms with Crippen LogP contribution in [0.15, 0.2) is 237 Å². The minimum Gasteiger partial charge on any atom is -0.309 e. The van der Waals surface area contributed by atoms with Crippen molar-refractivity contribution in [3.05, 3.63) is 237 Å². The van der Waals surface area contributed by atoms with Crippen molar-refractivity contribution < 1.29 is 0 Å². The maximum atomic E-state index is 2.45. The summed E-state index contributed by atoms with van der Waals surface area (Å²) in [5.41, 5.74) is 15.1. The van der Waals surface area contributed by atoms with Gasteiger partial charge in [0.25, 0.3) is 0 Å². The molecule has 0 unspecified atom stereocenters. The minimum atomic E-state index is 1.09. The summed E-state index contributed by atoms with van der Waals surface area (Å²) in [7, 11) is 0. The van der Waals surface area contributed by atoms with Crippen molar-refractivity contribution in [3.63, 3.8) is 0 Å². The molecule has 286 valence electrons. The van der Waals surface area contributed by atoms with E-state index in [1.165, 1.54) is 71.1 Å². The molecule has 0 saturated carbocycles. The van der Waals surface area contributed by atoms with Crippen LogP contribution in [0.1, 0.15) is 0 Å². The summed E-state index contributed by atoms with van der Waals surface area (Å²) in [5.74, 6) is 0. The van der Waals surface area contributed by atoms with Gasteiger partial charge in [0.05, 0.1) is 33.4 Å². The van der Waals surface area contributed by atoms with Gasteiger partial charge in [-0.15, -0.1) is 0 Å². The first-order valence-electron chi connectivity index (χ1n) is 20.9. The number of hydrogen-bond acceptors (Lipinski definition) is 1. The number of fused-ring (bicyclic) bond motifs is 8. The van der Waals surface area contributed by atoms with Gasteiger partial charge in [-0.25, -0.2) is 0 Å².